The van der Waals surface area contributed by atoms with Gasteiger partial charge in [0.15, 0.2) is 11.2 Å². The van der Waals surface area contributed by atoms with Gasteiger partial charge in [-0.15, -0.1) is 0 Å². The fourth-order valence-corrected chi connectivity index (χ4v) is 2.23. The molecule has 0 fully saturated rings. The van der Waals surface area contributed by atoms with Gasteiger partial charge in [-0.1, -0.05) is 25.6 Å². The molecule has 0 saturated carbocycles. The SMILES string of the molecule is CSc1ccc(C(=O)O[C@@H](c2nccn2C)C(C)C)o1. The van der Waals surface area contributed by atoms with Crippen LogP contribution >= 0.6 is 11.8 Å². The molecule has 0 aliphatic rings. The molecule has 5 nitrogen and oxygen atoms in total. The van der Waals surface area contributed by atoms with Gasteiger partial charge in [0.2, 0.25) is 5.76 Å². The Morgan fingerprint density at radius 3 is 2.70 bits per heavy atom. The lowest BCUT2D eigenvalue weighted by molar-refractivity contribution is 0.0104. The fraction of sp³-hybridized carbons (Fsp3) is 0.429. The molecule has 0 unspecified atom stereocenters. The summed E-state index contributed by atoms with van der Waals surface area (Å²) in [7, 11) is 1.88. The molecule has 2 heterocycles. The number of thioether (sulfide) groups is 1. The highest BCUT2D eigenvalue weighted by atomic mass is 32.2. The highest BCUT2D eigenvalue weighted by Crippen LogP contribution is 2.26. The Labute approximate surface area is 122 Å². The number of imidazole rings is 1. The second-order valence-corrected chi connectivity index (χ2v) is 5.60. The van der Waals surface area contributed by atoms with Gasteiger partial charge in [-0.2, -0.15) is 0 Å². The molecule has 0 amide bonds. The summed E-state index contributed by atoms with van der Waals surface area (Å²) in [6.45, 7) is 3.98. The summed E-state index contributed by atoms with van der Waals surface area (Å²) in [6.07, 6.45) is 5.01. The van der Waals surface area contributed by atoms with Crippen LogP contribution in [0.1, 0.15) is 36.3 Å². The lowest BCUT2D eigenvalue weighted by Gasteiger charge is -2.20. The van der Waals surface area contributed by atoms with Crippen molar-refractivity contribution in [3.63, 3.8) is 0 Å². The molecule has 0 saturated heterocycles. The number of carbonyl (C=O) groups excluding carboxylic acids is 1. The van der Waals surface area contributed by atoms with E-state index in [0.717, 1.165) is 5.82 Å². The first-order valence-corrected chi connectivity index (χ1v) is 7.57. The summed E-state index contributed by atoms with van der Waals surface area (Å²) in [5.41, 5.74) is 0. The van der Waals surface area contributed by atoms with Gasteiger partial charge in [-0.25, -0.2) is 9.78 Å². The van der Waals surface area contributed by atoms with Crippen LogP contribution < -0.4 is 0 Å². The third-order valence-electron chi connectivity index (χ3n) is 2.94. The monoisotopic (exact) mass is 294 g/mol. The van der Waals surface area contributed by atoms with E-state index in [1.54, 1.807) is 18.3 Å². The Bertz CT molecular complexity index is 589. The Kier molecular flexibility index (Phi) is 4.54. The minimum atomic E-state index is -0.466. The van der Waals surface area contributed by atoms with E-state index in [4.69, 9.17) is 9.15 Å². The molecule has 0 N–H and O–H groups in total. The highest BCUT2D eigenvalue weighted by molar-refractivity contribution is 7.98. The first-order valence-electron chi connectivity index (χ1n) is 6.35. The van der Waals surface area contributed by atoms with E-state index in [0.29, 0.717) is 5.09 Å². The first-order chi connectivity index (χ1) is 9.52. The van der Waals surface area contributed by atoms with Gasteiger partial charge >= 0.3 is 5.97 Å². The van der Waals surface area contributed by atoms with E-state index in [1.807, 2.05) is 37.9 Å². The number of esters is 1. The van der Waals surface area contributed by atoms with Crippen molar-refractivity contribution in [1.29, 1.82) is 0 Å². The standard InChI is InChI=1S/C14H18N2O3S/c1-9(2)12(13-15-7-8-16(13)3)19-14(17)10-5-6-11(18-10)20-4/h5-9,12H,1-4H3/t12-/m1/s1. The van der Waals surface area contributed by atoms with Gasteiger partial charge < -0.3 is 13.7 Å². The largest absolute Gasteiger partial charge is 0.448 e. The van der Waals surface area contributed by atoms with Gasteiger partial charge in [-0.05, 0) is 24.3 Å². The zero-order chi connectivity index (χ0) is 14.7. The molecule has 0 aliphatic carbocycles. The van der Waals surface area contributed by atoms with Crippen LogP contribution in [0.25, 0.3) is 0 Å². The molecule has 0 aromatic carbocycles. The lowest BCUT2D eigenvalue weighted by Crippen LogP contribution is -2.19. The zero-order valence-electron chi connectivity index (χ0n) is 12.0. The molecule has 2 aromatic heterocycles. The van der Waals surface area contributed by atoms with Gasteiger partial charge in [-0.3, -0.25) is 0 Å². The minimum Gasteiger partial charge on any atom is -0.448 e. The number of aryl methyl sites for hydroxylation is 1. The number of furan rings is 1. The number of hydrogen-bond acceptors (Lipinski definition) is 5. The van der Waals surface area contributed by atoms with E-state index < -0.39 is 12.1 Å². The molecular weight excluding hydrogens is 276 g/mol. The van der Waals surface area contributed by atoms with Gasteiger partial charge in [0.1, 0.15) is 5.82 Å². The van der Waals surface area contributed by atoms with Crippen molar-refractivity contribution in [1.82, 2.24) is 9.55 Å². The smallest absolute Gasteiger partial charge is 0.375 e. The molecule has 1 atom stereocenters. The van der Waals surface area contributed by atoms with E-state index in [9.17, 15) is 4.79 Å². The Morgan fingerprint density at radius 2 is 2.20 bits per heavy atom. The maximum Gasteiger partial charge on any atom is 0.375 e. The number of aromatic nitrogens is 2. The van der Waals surface area contributed by atoms with Crippen LogP contribution in [0, 0.1) is 5.92 Å². The van der Waals surface area contributed by atoms with Crippen molar-refractivity contribution >= 4 is 17.7 Å². The predicted octanol–water partition coefficient (Wildman–Crippen LogP) is 3.29. The molecule has 2 rings (SSSR count). The molecule has 108 valence electrons. The van der Waals surface area contributed by atoms with Crippen molar-refractivity contribution in [2.45, 2.75) is 25.0 Å². The van der Waals surface area contributed by atoms with Crippen molar-refractivity contribution in [2.24, 2.45) is 13.0 Å². The molecule has 0 spiro atoms. The number of hydrogen-bond donors (Lipinski definition) is 0. The van der Waals surface area contributed by atoms with Crippen LogP contribution in [0.5, 0.6) is 0 Å². The molecule has 0 aliphatic heterocycles. The van der Waals surface area contributed by atoms with Crippen molar-refractivity contribution in [3.05, 3.63) is 36.1 Å². The minimum absolute atomic E-state index is 0.120. The second kappa shape index (κ2) is 6.17. The van der Waals surface area contributed by atoms with Gasteiger partial charge in [0, 0.05) is 19.4 Å². The molecule has 6 heteroatoms. The summed E-state index contributed by atoms with van der Waals surface area (Å²) < 4.78 is 12.8. The summed E-state index contributed by atoms with van der Waals surface area (Å²) in [5, 5.41) is 0.690. The van der Waals surface area contributed by atoms with E-state index in [1.165, 1.54) is 11.8 Å². The molecule has 20 heavy (non-hydrogen) atoms. The maximum atomic E-state index is 12.1. The molecule has 0 bridgehead atoms. The average molecular weight is 294 g/mol. The van der Waals surface area contributed by atoms with E-state index >= 15 is 0 Å². The van der Waals surface area contributed by atoms with E-state index in [-0.39, 0.29) is 11.7 Å². The third kappa shape index (κ3) is 3.07. The average Bonchev–Trinajstić information content (AvgIpc) is 3.04. The van der Waals surface area contributed by atoms with Crippen LogP contribution in [-0.2, 0) is 11.8 Å². The molecule has 0 radical (unpaired) electrons. The Hall–Kier alpha value is -1.69. The zero-order valence-corrected chi connectivity index (χ0v) is 12.8. The van der Waals surface area contributed by atoms with Crippen molar-refractivity contribution in [2.75, 3.05) is 6.26 Å². The van der Waals surface area contributed by atoms with Gasteiger partial charge in [0.05, 0.1) is 0 Å². The van der Waals surface area contributed by atoms with Crippen LogP contribution in [0.3, 0.4) is 0 Å². The normalized spacial score (nSPS) is 12.7. The van der Waals surface area contributed by atoms with E-state index in [2.05, 4.69) is 4.98 Å². The number of ether oxygens (including phenoxy) is 1. The predicted molar refractivity (Wildman–Crippen MR) is 76.7 cm³/mol. The summed E-state index contributed by atoms with van der Waals surface area (Å²) in [6, 6.07) is 3.39. The second-order valence-electron chi connectivity index (χ2n) is 4.79. The van der Waals surface area contributed by atoms with Gasteiger partial charge in [0.25, 0.3) is 0 Å². The number of carbonyl (C=O) groups is 1. The lowest BCUT2D eigenvalue weighted by atomic mass is 10.1. The maximum absolute atomic E-state index is 12.1. The van der Waals surface area contributed by atoms with Crippen LogP contribution in [0.2, 0.25) is 0 Å². The summed E-state index contributed by atoms with van der Waals surface area (Å²) in [5.74, 6) is 0.598. The third-order valence-corrected chi connectivity index (χ3v) is 3.56. The Morgan fingerprint density at radius 1 is 1.45 bits per heavy atom. The van der Waals surface area contributed by atoms with Crippen LogP contribution in [-0.4, -0.2) is 21.8 Å². The van der Waals surface area contributed by atoms with Crippen LogP contribution in [0.15, 0.2) is 34.0 Å². The van der Waals surface area contributed by atoms with Crippen molar-refractivity contribution in [3.8, 4) is 0 Å². The summed E-state index contributed by atoms with van der Waals surface area (Å²) in [4.78, 5) is 16.4. The quantitative estimate of drug-likeness (QED) is 0.625. The Balaban J connectivity index is 2.16. The molecular formula is C14H18N2O3S. The molecule has 2 aromatic rings. The summed E-state index contributed by atoms with van der Waals surface area (Å²) >= 11 is 1.44. The number of rotatable bonds is 5. The fourth-order valence-electron chi connectivity index (χ4n) is 1.85. The first kappa shape index (κ1) is 14.7. The number of nitrogens with zero attached hydrogens (tertiary/aromatic N) is 2. The van der Waals surface area contributed by atoms with Crippen LogP contribution in [0.4, 0.5) is 0 Å². The topological polar surface area (TPSA) is 57.3 Å². The highest BCUT2D eigenvalue weighted by Gasteiger charge is 2.26. The van der Waals surface area contributed by atoms with Crippen molar-refractivity contribution < 1.29 is 13.9 Å².